The predicted octanol–water partition coefficient (Wildman–Crippen LogP) is 4.28. The van der Waals surface area contributed by atoms with Crippen molar-refractivity contribution in [1.29, 1.82) is 5.26 Å². The van der Waals surface area contributed by atoms with E-state index in [-0.39, 0.29) is 6.54 Å². The van der Waals surface area contributed by atoms with E-state index in [1.54, 1.807) is 45.3 Å². The summed E-state index contributed by atoms with van der Waals surface area (Å²) in [5.74, 6) is 0. The van der Waals surface area contributed by atoms with Gasteiger partial charge in [-0.1, -0.05) is 0 Å². The molecule has 0 radical (unpaired) electrons. The van der Waals surface area contributed by atoms with E-state index in [1.165, 1.54) is 0 Å². The van der Waals surface area contributed by atoms with Gasteiger partial charge in [0.15, 0.2) is 0 Å². The Hall–Kier alpha value is -3.93. The molecule has 3 rings (SSSR count). The van der Waals surface area contributed by atoms with Crippen LogP contribution in [-0.4, -0.2) is 48.9 Å². The van der Waals surface area contributed by atoms with Crippen molar-refractivity contribution in [2.75, 3.05) is 6.54 Å². The lowest BCUT2D eigenvalue weighted by molar-refractivity contribution is 0.0266. The van der Waals surface area contributed by atoms with Crippen molar-refractivity contribution in [3.63, 3.8) is 0 Å². The van der Waals surface area contributed by atoms with Crippen molar-refractivity contribution in [3.8, 4) is 17.5 Å². The van der Waals surface area contributed by atoms with Crippen LogP contribution in [0.5, 0.6) is 0 Å². The molecule has 0 aromatic carbocycles. The first-order chi connectivity index (χ1) is 14.7. The highest BCUT2D eigenvalue weighted by molar-refractivity contribution is 5.87. The Morgan fingerprint density at radius 3 is 2.65 bits per heavy atom. The van der Waals surface area contributed by atoms with Crippen LogP contribution < -0.4 is 0 Å². The molecular formula is C22H23N5O4. The van der Waals surface area contributed by atoms with Gasteiger partial charge in [0.25, 0.3) is 0 Å². The van der Waals surface area contributed by atoms with Crippen LogP contribution in [0.4, 0.5) is 9.59 Å². The lowest BCUT2D eigenvalue weighted by Crippen LogP contribution is -2.40. The summed E-state index contributed by atoms with van der Waals surface area (Å²) in [6.07, 6.45) is 3.37. The van der Waals surface area contributed by atoms with Crippen molar-refractivity contribution in [2.24, 2.45) is 0 Å². The Bertz CT molecular complexity index is 1160. The third-order valence-electron chi connectivity index (χ3n) is 4.43. The van der Waals surface area contributed by atoms with Crippen LogP contribution in [0.3, 0.4) is 0 Å². The van der Waals surface area contributed by atoms with Gasteiger partial charge in [0, 0.05) is 30.9 Å². The van der Waals surface area contributed by atoms with E-state index in [9.17, 15) is 14.7 Å². The summed E-state index contributed by atoms with van der Waals surface area (Å²) in [5.41, 5.74) is 1.89. The summed E-state index contributed by atoms with van der Waals surface area (Å²) in [6.45, 7) is 5.57. The molecule has 0 saturated carbocycles. The van der Waals surface area contributed by atoms with Crippen molar-refractivity contribution in [2.45, 2.75) is 39.3 Å². The van der Waals surface area contributed by atoms with Crippen molar-refractivity contribution < 1.29 is 19.4 Å². The fraction of sp³-hybridized carbons (Fsp3) is 0.318. The molecule has 3 heterocycles. The molecule has 160 valence electrons. The Kier molecular flexibility index (Phi) is 6.20. The largest absolute Gasteiger partial charge is 0.465 e. The van der Waals surface area contributed by atoms with Crippen LogP contribution >= 0.6 is 0 Å². The molecule has 0 spiro atoms. The van der Waals surface area contributed by atoms with Crippen LogP contribution in [0.15, 0.2) is 42.9 Å². The zero-order valence-corrected chi connectivity index (χ0v) is 17.6. The van der Waals surface area contributed by atoms with Gasteiger partial charge in [-0.2, -0.15) is 5.26 Å². The van der Waals surface area contributed by atoms with Crippen molar-refractivity contribution >= 4 is 23.1 Å². The Morgan fingerprint density at radius 2 is 1.97 bits per heavy atom. The fourth-order valence-electron chi connectivity index (χ4n) is 3.04. The number of aryl methyl sites for hydroxylation is 1. The molecule has 0 fully saturated rings. The average molecular weight is 421 g/mol. The first-order valence-electron chi connectivity index (χ1n) is 9.73. The van der Waals surface area contributed by atoms with Gasteiger partial charge in [-0.3, -0.25) is 9.97 Å². The third kappa shape index (κ3) is 5.36. The van der Waals surface area contributed by atoms with Gasteiger partial charge in [-0.25, -0.2) is 14.5 Å². The number of nitrogens with zero attached hydrogens (tertiary/aromatic N) is 5. The monoisotopic (exact) mass is 421 g/mol. The highest BCUT2D eigenvalue weighted by atomic mass is 16.6. The zero-order valence-electron chi connectivity index (χ0n) is 17.6. The van der Waals surface area contributed by atoms with Gasteiger partial charge >= 0.3 is 12.2 Å². The van der Waals surface area contributed by atoms with Gasteiger partial charge in [-0.15, -0.1) is 0 Å². The smallest absolute Gasteiger partial charge is 0.419 e. The summed E-state index contributed by atoms with van der Waals surface area (Å²) in [7, 11) is 0. The maximum atomic E-state index is 12.1. The van der Waals surface area contributed by atoms with Gasteiger partial charge in [0.2, 0.25) is 0 Å². The number of hydrogen-bond acceptors (Lipinski definition) is 6. The highest BCUT2D eigenvalue weighted by Gasteiger charge is 2.26. The maximum Gasteiger partial charge on any atom is 0.419 e. The molecule has 0 saturated heterocycles. The SMILES string of the molecule is CC(C)(C)OC(=O)N(CCCn1ccc2cc(-c3cc(C#N)ccn3)ncc21)C(=O)O. The van der Waals surface area contributed by atoms with Crippen LogP contribution in [0.1, 0.15) is 32.8 Å². The second-order valence-corrected chi connectivity index (χ2v) is 7.95. The van der Waals surface area contributed by atoms with Gasteiger partial charge in [0.1, 0.15) is 5.60 Å². The van der Waals surface area contributed by atoms with E-state index < -0.39 is 17.8 Å². The van der Waals surface area contributed by atoms with Gasteiger partial charge < -0.3 is 14.4 Å². The molecule has 3 aromatic heterocycles. The molecule has 1 N–H and O–H groups in total. The van der Waals surface area contributed by atoms with E-state index in [1.807, 2.05) is 22.9 Å². The van der Waals surface area contributed by atoms with Crippen LogP contribution in [0.2, 0.25) is 0 Å². The number of fused-ring (bicyclic) bond motifs is 1. The minimum atomic E-state index is -1.34. The predicted molar refractivity (Wildman–Crippen MR) is 113 cm³/mol. The quantitative estimate of drug-likeness (QED) is 0.652. The number of nitriles is 1. The minimum absolute atomic E-state index is 0.0142. The lowest BCUT2D eigenvalue weighted by atomic mass is 10.1. The summed E-state index contributed by atoms with van der Waals surface area (Å²) in [6, 6.07) is 9.22. The third-order valence-corrected chi connectivity index (χ3v) is 4.43. The molecule has 3 aromatic rings. The average Bonchev–Trinajstić information content (AvgIpc) is 3.11. The Balaban J connectivity index is 1.70. The number of imide groups is 1. The number of carboxylic acid groups (broad SMARTS) is 1. The Morgan fingerprint density at radius 1 is 1.23 bits per heavy atom. The molecule has 9 nitrogen and oxygen atoms in total. The standard InChI is InChI=1S/C22H23N5O4/c1-22(2,3)31-21(30)27(20(28)29)9-4-8-26-10-6-16-12-18(25-14-19(16)26)17-11-15(13-23)5-7-24-17/h5-7,10-12,14H,4,8-9H2,1-3H3,(H,28,29). The number of hydrogen-bond donors (Lipinski definition) is 1. The first kappa shape index (κ1) is 21.8. The summed E-state index contributed by atoms with van der Waals surface area (Å²) < 4.78 is 7.10. The minimum Gasteiger partial charge on any atom is -0.465 e. The molecule has 9 heteroatoms. The summed E-state index contributed by atoms with van der Waals surface area (Å²) in [4.78, 5) is 32.9. The van der Waals surface area contributed by atoms with E-state index in [2.05, 4.69) is 16.0 Å². The lowest BCUT2D eigenvalue weighted by Gasteiger charge is -2.24. The van der Waals surface area contributed by atoms with Crippen molar-refractivity contribution in [3.05, 3.63) is 48.4 Å². The summed E-state index contributed by atoms with van der Waals surface area (Å²) >= 11 is 0. The number of aromatic nitrogens is 3. The molecule has 0 aliphatic rings. The van der Waals surface area contributed by atoms with E-state index in [4.69, 9.17) is 10.00 Å². The van der Waals surface area contributed by atoms with Crippen LogP contribution in [0.25, 0.3) is 22.3 Å². The first-order valence-corrected chi connectivity index (χ1v) is 9.73. The van der Waals surface area contributed by atoms with Crippen LogP contribution in [0, 0.1) is 11.3 Å². The number of ether oxygens (including phenoxy) is 1. The number of pyridine rings is 2. The molecular weight excluding hydrogens is 398 g/mol. The van der Waals surface area contributed by atoms with Crippen molar-refractivity contribution in [1.82, 2.24) is 19.4 Å². The second-order valence-electron chi connectivity index (χ2n) is 7.95. The molecule has 0 atom stereocenters. The number of carbonyl (C=O) groups excluding carboxylic acids is 1. The number of carbonyl (C=O) groups is 2. The normalized spacial score (nSPS) is 11.2. The molecule has 0 aliphatic heterocycles. The maximum absolute atomic E-state index is 12.1. The van der Waals surface area contributed by atoms with E-state index in [0.29, 0.717) is 34.8 Å². The molecule has 2 amide bonds. The molecule has 0 bridgehead atoms. The van der Waals surface area contributed by atoms with Crippen LogP contribution in [-0.2, 0) is 11.3 Å². The van der Waals surface area contributed by atoms with Gasteiger partial charge in [-0.05, 0) is 51.5 Å². The summed E-state index contributed by atoms with van der Waals surface area (Å²) in [5, 5.41) is 19.3. The van der Waals surface area contributed by atoms with E-state index >= 15 is 0 Å². The molecule has 0 unspecified atom stereocenters. The molecule has 0 aliphatic carbocycles. The molecule has 31 heavy (non-hydrogen) atoms. The fourth-order valence-corrected chi connectivity index (χ4v) is 3.04. The zero-order chi connectivity index (χ0) is 22.6. The Labute approximate surface area is 179 Å². The number of rotatable bonds is 5. The second kappa shape index (κ2) is 8.83. The van der Waals surface area contributed by atoms with E-state index in [0.717, 1.165) is 10.9 Å². The number of amides is 2. The van der Waals surface area contributed by atoms with Gasteiger partial charge in [0.05, 0.1) is 34.7 Å². The topological polar surface area (TPSA) is 121 Å². The highest BCUT2D eigenvalue weighted by Crippen LogP contribution is 2.22.